The van der Waals surface area contributed by atoms with Crippen LogP contribution in [0.15, 0.2) is 18.3 Å². The van der Waals surface area contributed by atoms with Crippen LogP contribution in [0.2, 0.25) is 0 Å². The van der Waals surface area contributed by atoms with Gasteiger partial charge < -0.3 is 24.4 Å². The van der Waals surface area contributed by atoms with Crippen molar-refractivity contribution in [2.75, 3.05) is 51.9 Å². The summed E-state index contributed by atoms with van der Waals surface area (Å²) in [6, 6.07) is 3.66. The molecular formula is C18H23N3O4. The molecule has 0 saturated carbocycles. The van der Waals surface area contributed by atoms with Gasteiger partial charge in [0.2, 0.25) is 0 Å². The maximum absolute atomic E-state index is 12.5. The normalized spacial score (nSPS) is 14.4. The summed E-state index contributed by atoms with van der Waals surface area (Å²) < 4.78 is 16.3. The highest BCUT2D eigenvalue weighted by Crippen LogP contribution is 2.40. The summed E-state index contributed by atoms with van der Waals surface area (Å²) in [7, 11) is 3.21. The molecule has 1 aliphatic heterocycles. The average Bonchev–Trinajstić information content (AvgIpc) is 2.67. The summed E-state index contributed by atoms with van der Waals surface area (Å²) in [4.78, 5) is 19.2. The Balaban J connectivity index is 2.30. The number of aromatic nitrogens is 1. The number of piperazine rings is 1. The third kappa shape index (κ3) is 3.19. The van der Waals surface area contributed by atoms with Crippen LogP contribution in [-0.4, -0.2) is 58.0 Å². The first-order valence-corrected chi connectivity index (χ1v) is 8.37. The van der Waals surface area contributed by atoms with Crippen molar-refractivity contribution in [3.8, 4) is 11.5 Å². The van der Waals surface area contributed by atoms with E-state index >= 15 is 0 Å². The van der Waals surface area contributed by atoms with E-state index in [-0.39, 0.29) is 5.97 Å². The zero-order valence-corrected chi connectivity index (χ0v) is 14.8. The van der Waals surface area contributed by atoms with Crippen LogP contribution in [0.1, 0.15) is 17.3 Å². The maximum Gasteiger partial charge on any atom is 0.341 e. The SMILES string of the molecule is CCOC(=O)c1cnc2c(OC)ccc(OC)c2c1N1CCNCC1. The highest BCUT2D eigenvalue weighted by molar-refractivity contribution is 6.09. The third-order valence-corrected chi connectivity index (χ3v) is 4.29. The molecule has 134 valence electrons. The Morgan fingerprint density at radius 1 is 1.20 bits per heavy atom. The molecule has 0 aliphatic carbocycles. The molecule has 0 radical (unpaired) electrons. The van der Waals surface area contributed by atoms with Crippen LogP contribution in [-0.2, 0) is 4.74 Å². The van der Waals surface area contributed by atoms with Crippen LogP contribution in [0.4, 0.5) is 5.69 Å². The fourth-order valence-electron chi connectivity index (χ4n) is 3.15. The monoisotopic (exact) mass is 345 g/mol. The molecule has 0 amide bonds. The molecule has 7 heteroatoms. The van der Waals surface area contributed by atoms with Crippen molar-refractivity contribution in [1.82, 2.24) is 10.3 Å². The first kappa shape index (κ1) is 17.3. The quantitative estimate of drug-likeness (QED) is 0.829. The minimum atomic E-state index is -0.379. The number of esters is 1. The standard InChI is InChI=1S/C18H23N3O4/c1-4-25-18(22)12-11-20-16-14(24-3)6-5-13(23-2)15(16)17(12)21-9-7-19-8-10-21/h5-6,11,19H,4,7-10H2,1-3H3. The molecule has 0 bridgehead atoms. The van der Waals surface area contributed by atoms with Crippen molar-refractivity contribution < 1.29 is 19.0 Å². The van der Waals surface area contributed by atoms with Gasteiger partial charge in [0.15, 0.2) is 0 Å². The largest absolute Gasteiger partial charge is 0.496 e. The second-order valence-electron chi connectivity index (χ2n) is 5.67. The Hall–Kier alpha value is -2.54. The lowest BCUT2D eigenvalue weighted by Gasteiger charge is -2.32. The topological polar surface area (TPSA) is 72.9 Å². The molecule has 7 nitrogen and oxygen atoms in total. The molecule has 1 aromatic carbocycles. The van der Waals surface area contributed by atoms with Gasteiger partial charge in [-0.1, -0.05) is 0 Å². The summed E-state index contributed by atoms with van der Waals surface area (Å²) in [6.45, 7) is 5.36. The van der Waals surface area contributed by atoms with E-state index < -0.39 is 0 Å². The van der Waals surface area contributed by atoms with Crippen LogP contribution in [0.25, 0.3) is 10.9 Å². The van der Waals surface area contributed by atoms with Gasteiger partial charge in [0.1, 0.15) is 22.6 Å². The van der Waals surface area contributed by atoms with Crippen LogP contribution in [0.5, 0.6) is 11.5 Å². The van der Waals surface area contributed by atoms with Gasteiger partial charge in [0.25, 0.3) is 0 Å². The molecule has 3 rings (SSSR count). The number of pyridine rings is 1. The minimum Gasteiger partial charge on any atom is -0.496 e. The van der Waals surface area contributed by atoms with Gasteiger partial charge in [-0.15, -0.1) is 0 Å². The number of hydrogen-bond donors (Lipinski definition) is 1. The number of hydrogen-bond acceptors (Lipinski definition) is 7. The third-order valence-electron chi connectivity index (χ3n) is 4.29. The molecule has 1 saturated heterocycles. The van der Waals surface area contributed by atoms with E-state index in [4.69, 9.17) is 14.2 Å². The van der Waals surface area contributed by atoms with E-state index in [1.54, 1.807) is 27.3 Å². The number of methoxy groups -OCH3 is 2. The van der Waals surface area contributed by atoms with Crippen LogP contribution >= 0.6 is 0 Å². The molecule has 1 fully saturated rings. The minimum absolute atomic E-state index is 0.313. The number of fused-ring (bicyclic) bond motifs is 1. The Morgan fingerprint density at radius 3 is 2.52 bits per heavy atom. The number of carbonyl (C=O) groups is 1. The Morgan fingerprint density at radius 2 is 1.88 bits per heavy atom. The summed E-state index contributed by atoms with van der Waals surface area (Å²) in [5.74, 6) is 0.917. The van der Waals surface area contributed by atoms with Crippen molar-refractivity contribution in [2.24, 2.45) is 0 Å². The number of nitrogens with zero attached hydrogens (tertiary/aromatic N) is 2. The number of ether oxygens (including phenoxy) is 3. The first-order valence-electron chi connectivity index (χ1n) is 8.37. The highest BCUT2D eigenvalue weighted by atomic mass is 16.5. The van der Waals surface area contributed by atoms with Crippen LogP contribution in [0, 0.1) is 0 Å². The molecule has 1 aromatic heterocycles. The van der Waals surface area contributed by atoms with Gasteiger partial charge in [-0.3, -0.25) is 4.98 Å². The zero-order chi connectivity index (χ0) is 17.8. The van der Waals surface area contributed by atoms with Crippen molar-refractivity contribution >= 4 is 22.6 Å². The van der Waals surface area contributed by atoms with Gasteiger partial charge >= 0.3 is 5.97 Å². The van der Waals surface area contributed by atoms with Gasteiger partial charge in [-0.2, -0.15) is 0 Å². The van der Waals surface area contributed by atoms with E-state index in [0.717, 1.165) is 37.3 Å². The summed E-state index contributed by atoms with van der Waals surface area (Å²) >= 11 is 0. The molecule has 0 unspecified atom stereocenters. The van der Waals surface area contributed by atoms with E-state index in [9.17, 15) is 4.79 Å². The molecule has 1 aliphatic rings. The molecule has 1 N–H and O–H groups in total. The van der Waals surface area contributed by atoms with Gasteiger partial charge in [0, 0.05) is 32.4 Å². The predicted molar refractivity (Wildman–Crippen MR) is 95.9 cm³/mol. The Kier molecular flexibility index (Phi) is 5.23. The molecule has 0 spiro atoms. The smallest absolute Gasteiger partial charge is 0.341 e. The second-order valence-corrected chi connectivity index (χ2v) is 5.67. The van der Waals surface area contributed by atoms with E-state index in [1.165, 1.54) is 0 Å². The zero-order valence-electron chi connectivity index (χ0n) is 14.8. The fraction of sp³-hybridized carbons (Fsp3) is 0.444. The van der Waals surface area contributed by atoms with E-state index in [2.05, 4.69) is 15.2 Å². The number of carbonyl (C=O) groups excluding carboxylic acids is 1. The molecule has 2 aromatic rings. The van der Waals surface area contributed by atoms with E-state index in [1.807, 2.05) is 12.1 Å². The summed E-state index contributed by atoms with van der Waals surface area (Å²) in [6.07, 6.45) is 1.57. The van der Waals surface area contributed by atoms with Crippen molar-refractivity contribution in [1.29, 1.82) is 0 Å². The van der Waals surface area contributed by atoms with Gasteiger partial charge in [-0.05, 0) is 19.1 Å². The Bertz CT molecular complexity index is 772. The average molecular weight is 345 g/mol. The van der Waals surface area contributed by atoms with Crippen molar-refractivity contribution in [3.05, 3.63) is 23.9 Å². The lowest BCUT2D eigenvalue weighted by Crippen LogP contribution is -2.44. The molecule has 25 heavy (non-hydrogen) atoms. The van der Waals surface area contributed by atoms with E-state index in [0.29, 0.717) is 29.2 Å². The number of benzene rings is 1. The van der Waals surface area contributed by atoms with Gasteiger partial charge in [0.05, 0.1) is 31.9 Å². The van der Waals surface area contributed by atoms with Crippen LogP contribution in [0.3, 0.4) is 0 Å². The maximum atomic E-state index is 12.5. The first-order chi connectivity index (χ1) is 12.2. The fourth-order valence-corrected chi connectivity index (χ4v) is 3.15. The molecule has 0 atom stereocenters. The number of rotatable bonds is 5. The second kappa shape index (κ2) is 7.57. The van der Waals surface area contributed by atoms with Gasteiger partial charge in [-0.25, -0.2) is 4.79 Å². The molecular weight excluding hydrogens is 322 g/mol. The lowest BCUT2D eigenvalue weighted by molar-refractivity contribution is 0.0526. The summed E-state index contributed by atoms with van der Waals surface area (Å²) in [5.41, 5.74) is 1.91. The lowest BCUT2D eigenvalue weighted by atomic mass is 10.1. The molecule has 2 heterocycles. The highest BCUT2D eigenvalue weighted by Gasteiger charge is 2.26. The predicted octanol–water partition coefficient (Wildman–Crippen LogP) is 1.84. The van der Waals surface area contributed by atoms with Crippen LogP contribution < -0.4 is 19.7 Å². The Labute approximate surface area is 146 Å². The number of nitrogens with one attached hydrogen (secondary N) is 1. The van der Waals surface area contributed by atoms with Crippen molar-refractivity contribution in [3.63, 3.8) is 0 Å². The summed E-state index contributed by atoms with van der Waals surface area (Å²) in [5, 5.41) is 4.10. The van der Waals surface area contributed by atoms with Crippen molar-refractivity contribution in [2.45, 2.75) is 6.92 Å². The number of anilines is 1.